The highest BCUT2D eigenvalue weighted by Crippen LogP contribution is 2.59. The van der Waals surface area contributed by atoms with E-state index in [1.54, 1.807) is 30.6 Å². The number of nitrogens with zero attached hydrogens (tertiary/aromatic N) is 5. The SMILES string of the molecule is Cc1nc(-c2ncccn2)sc1C(=O)N1C[C@H]2[C@H](Oc3cc(C(C)(C)N)cc(-c4ccc(F)cc4)n3)[C@@]2(C)C1. The van der Waals surface area contributed by atoms with Crippen molar-refractivity contribution in [3.05, 3.63) is 76.8 Å². The molecule has 4 heterocycles. The van der Waals surface area contributed by atoms with Crippen molar-refractivity contribution in [2.24, 2.45) is 17.1 Å². The second-order valence-electron chi connectivity index (χ2n) is 11.2. The molecule has 10 heteroatoms. The highest BCUT2D eigenvalue weighted by molar-refractivity contribution is 7.17. The second-order valence-corrected chi connectivity index (χ2v) is 12.1. The highest BCUT2D eigenvalue weighted by atomic mass is 32.1. The highest BCUT2D eigenvalue weighted by Gasteiger charge is 2.69. The molecule has 6 rings (SSSR count). The summed E-state index contributed by atoms with van der Waals surface area (Å²) in [4.78, 5) is 33.7. The number of carbonyl (C=O) groups excluding carboxylic acids is 1. The fourth-order valence-electron chi connectivity index (χ4n) is 5.29. The average molecular weight is 545 g/mol. The quantitative estimate of drug-likeness (QED) is 0.370. The molecular formula is C29H29FN6O2S. The van der Waals surface area contributed by atoms with Gasteiger partial charge in [0, 0.05) is 54.0 Å². The summed E-state index contributed by atoms with van der Waals surface area (Å²) in [7, 11) is 0. The number of rotatable bonds is 6. The molecule has 0 unspecified atom stereocenters. The number of fused-ring (bicyclic) bond motifs is 1. The molecule has 1 amide bonds. The van der Waals surface area contributed by atoms with E-state index in [-0.39, 0.29) is 29.2 Å². The van der Waals surface area contributed by atoms with Gasteiger partial charge in [-0.3, -0.25) is 4.79 Å². The number of halogens is 1. The third-order valence-electron chi connectivity index (χ3n) is 7.67. The summed E-state index contributed by atoms with van der Waals surface area (Å²) >= 11 is 1.33. The molecular weight excluding hydrogens is 515 g/mol. The number of aryl methyl sites for hydroxylation is 1. The number of carbonyl (C=O) groups is 1. The van der Waals surface area contributed by atoms with Gasteiger partial charge in [-0.05, 0) is 62.7 Å². The molecule has 0 radical (unpaired) electrons. The van der Waals surface area contributed by atoms with Gasteiger partial charge >= 0.3 is 0 Å². The first-order valence-corrected chi connectivity index (χ1v) is 13.6. The number of aromatic nitrogens is 4. The van der Waals surface area contributed by atoms with E-state index in [0.29, 0.717) is 46.1 Å². The topological polar surface area (TPSA) is 107 Å². The van der Waals surface area contributed by atoms with Crippen LogP contribution < -0.4 is 10.5 Å². The maximum Gasteiger partial charge on any atom is 0.265 e. The summed E-state index contributed by atoms with van der Waals surface area (Å²) in [6.45, 7) is 9.03. The second kappa shape index (κ2) is 9.17. The number of hydrogen-bond acceptors (Lipinski definition) is 8. The Morgan fingerprint density at radius 2 is 1.90 bits per heavy atom. The molecule has 2 aliphatic rings. The molecule has 2 fully saturated rings. The van der Waals surface area contributed by atoms with Crippen LogP contribution in [0, 0.1) is 24.1 Å². The minimum absolute atomic E-state index is 0.0250. The van der Waals surface area contributed by atoms with Crippen molar-refractivity contribution in [3.63, 3.8) is 0 Å². The van der Waals surface area contributed by atoms with Crippen molar-refractivity contribution in [3.8, 4) is 28.0 Å². The molecule has 200 valence electrons. The molecule has 4 aromatic rings. The average Bonchev–Trinajstić information content (AvgIpc) is 3.19. The van der Waals surface area contributed by atoms with Crippen LogP contribution in [0.2, 0.25) is 0 Å². The zero-order valence-corrected chi connectivity index (χ0v) is 23.0. The van der Waals surface area contributed by atoms with E-state index in [9.17, 15) is 9.18 Å². The fourth-order valence-corrected chi connectivity index (χ4v) is 6.27. The van der Waals surface area contributed by atoms with E-state index in [0.717, 1.165) is 11.1 Å². The van der Waals surface area contributed by atoms with Gasteiger partial charge in [0.1, 0.15) is 16.8 Å². The third-order valence-corrected chi connectivity index (χ3v) is 8.81. The molecule has 0 bridgehead atoms. The van der Waals surface area contributed by atoms with Crippen LogP contribution >= 0.6 is 11.3 Å². The van der Waals surface area contributed by atoms with E-state index >= 15 is 0 Å². The van der Waals surface area contributed by atoms with Gasteiger partial charge in [0.25, 0.3) is 5.91 Å². The lowest BCUT2D eigenvalue weighted by molar-refractivity contribution is 0.0735. The Bertz CT molecular complexity index is 1550. The lowest BCUT2D eigenvalue weighted by atomic mass is 9.95. The number of ether oxygens (including phenoxy) is 1. The first-order valence-electron chi connectivity index (χ1n) is 12.8. The van der Waals surface area contributed by atoms with Gasteiger partial charge < -0.3 is 15.4 Å². The third kappa shape index (κ3) is 4.68. The minimum atomic E-state index is -0.612. The van der Waals surface area contributed by atoms with Crippen molar-refractivity contribution in [2.45, 2.75) is 39.3 Å². The van der Waals surface area contributed by atoms with Gasteiger partial charge in [-0.25, -0.2) is 24.3 Å². The largest absolute Gasteiger partial charge is 0.473 e. The van der Waals surface area contributed by atoms with Gasteiger partial charge in [-0.2, -0.15) is 0 Å². The first-order chi connectivity index (χ1) is 18.5. The zero-order valence-electron chi connectivity index (χ0n) is 22.2. The fraction of sp³-hybridized carbons (Fsp3) is 0.345. The Labute approximate surface area is 230 Å². The predicted molar refractivity (Wildman–Crippen MR) is 147 cm³/mol. The van der Waals surface area contributed by atoms with Crippen LogP contribution in [0.1, 0.15) is 41.7 Å². The predicted octanol–water partition coefficient (Wildman–Crippen LogP) is 4.84. The molecule has 0 spiro atoms. The maximum absolute atomic E-state index is 13.5. The number of likely N-dealkylation sites (tertiary alicyclic amines) is 1. The van der Waals surface area contributed by atoms with Crippen molar-refractivity contribution in [1.29, 1.82) is 0 Å². The van der Waals surface area contributed by atoms with E-state index < -0.39 is 5.54 Å². The van der Waals surface area contributed by atoms with E-state index in [1.165, 1.54) is 23.5 Å². The van der Waals surface area contributed by atoms with Gasteiger partial charge in [-0.15, -0.1) is 11.3 Å². The Kier molecular flexibility index (Phi) is 6.00. The molecule has 1 aliphatic heterocycles. The number of piperidine rings is 1. The normalized spacial score (nSPS) is 22.1. The number of pyridine rings is 1. The van der Waals surface area contributed by atoms with Gasteiger partial charge in [0.05, 0.1) is 11.4 Å². The molecule has 1 saturated heterocycles. The number of benzene rings is 1. The van der Waals surface area contributed by atoms with E-state index in [4.69, 9.17) is 15.5 Å². The van der Waals surface area contributed by atoms with Gasteiger partial charge in [-0.1, -0.05) is 6.92 Å². The number of thiazole rings is 1. The van der Waals surface area contributed by atoms with Crippen LogP contribution in [0.4, 0.5) is 4.39 Å². The van der Waals surface area contributed by atoms with Crippen molar-refractivity contribution in [2.75, 3.05) is 13.1 Å². The Hall–Kier alpha value is -3.76. The van der Waals surface area contributed by atoms with Crippen LogP contribution in [0.25, 0.3) is 22.1 Å². The molecule has 2 N–H and O–H groups in total. The number of hydrogen-bond donors (Lipinski definition) is 1. The van der Waals surface area contributed by atoms with Crippen molar-refractivity contribution >= 4 is 17.2 Å². The Morgan fingerprint density at radius 3 is 2.54 bits per heavy atom. The zero-order chi connectivity index (χ0) is 27.5. The summed E-state index contributed by atoms with van der Waals surface area (Å²) < 4.78 is 19.9. The Balaban J connectivity index is 1.19. The van der Waals surface area contributed by atoms with Crippen LogP contribution in [0.3, 0.4) is 0 Å². The van der Waals surface area contributed by atoms with Crippen LogP contribution in [0.15, 0.2) is 54.9 Å². The van der Waals surface area contributed by atoms with Gasteiger partial charge in [0.15, 0.2) is 10.8 Å². The maximum atomic E-state index is 13.5. The standard InChI is InChI=1S/C29H29FN6O2S/c1-16-23(39-26(34-16)25-32-10-5-11-33-25)27(37)36-14-20-24(29(20,4)15-36)38-22-13-18(28(2,3)31)12-21(35-22)17-6-8-19(30)9-7-17/h5-13,20,24H,14-15,31H2,1-4H3/t20-,24-,29-/m0/s1. The van der Waals surface area contributed by atoms with Gasteiger partial charge in [0.2, 0.25) is 5.88 Å². The molecule has 1 aliphatic carbocycles. The number of nitrogens with two attached hydrogens (primary N) is 1. The van der Waals surface area contributed by atoms with Crippen molar-refractivity contribution in [1.82, 2.24) is 24.8 Å². The number of amides is 1. The minimum Gasteiger partial charge on any atom is -0.473 e. The van der Waals surface area contributed by atoms with E-state index in [1.807, 2.05) is 37.8 Å². The van der Waals surface area contributed by atoms with Crippen molar-refractivity contribution < 1.29 is 13.9 Å². The summed E-state index contributed by atoms with van der Waals surface area (Å²) in [6.07, 6.45) is 3.26. The molecule has 39 heavy (non-hydrogen) atoms. The summed E-state index contributed by atoms with van der Waals surface area (Å²) in [6, 6.07) is 11.8. The summed E-state index contributed by atoms with van der Waals surface area (Å²) in [5, 5.41) is 0.638. The molecule has 1 saturated carbocycles. The molecule has 1 aromatic carbocycles. The summed E-state index contributed by atoms with van der Waals surface area (Å²) in [5.74, 6) is 0.862. The molecule has 8 nitrogen and oxygen atoms in total. The Morgan fingerprint density at radius 1 is 1.18 bits per heavy atom. The summed E-state index contributed by atoms with van der Waals surface area (Å²) in [5.41, 5.74) is 8.65. The lowest BCUT2D eigenvalue weighted by Gasteiger charge is -2.24. The van der Waals surface area contributed by atoms with E-state index in [2.05, 4.69) is 21.9 Å². The monoisotopic (exact) mass is 544 g/mol. The molecule has 3 atom stereocenters. The smallest absolute Gasteiger partial charge is 0.265 e. The molecule has 3 aromatic heterocycles. The van der Waals surface area contributed by atoms with Crippen LogP contribution in [0.5, 0.6) is 5.88 Å². The first kappa shape index (κ1) is 25.5. The van der Waals surface area contributed by atoms with Crippen LogP contribution in [-0.2, 0) is 5.54 Å². The van der Waals surface area contributed by atoms with Crippen LogP contribution in [-0.4, -0.2) is 49.9 Å². The lowest BCUT2D eigenvalue weighted by Crippen LogP contribution is -2.35.